The van der Waals surface area contributed by atoms with Crippen molar-refractivity contribution in [3.63, 3.8) is 0 Å². The molecule has 1 saturated heterocycles. The predicted molar refractivity (Wildman–Crippen MR) is 71.1 cm³/mol. The van der Waals surface area contributed by atoms with Crippen molar-refractivity contribution in [3.8, 4) is 0 Å². The molecule has 0 aliphatic carbocycles. The van der Waals surface area contributed by atoms with Crippen LogP contribution in [0.1, 0.15) is 30.3 Å². The van der Waals surface area contributed by atoms with Crippen molar-refractivity contribution >= 4 is 23.5 Å². The molecular formula is C13H17ClN2O3. The first-order valence-electron chi connectivity index (χ1n) is 6.41. The van der Waals surface area contributed by atoms with Crippen LogP contribution in [0, 0.1) is 5.92 Å². The lowest BCUT2D eigenvalue weighted by Crippen LogP contribution is -2.40. The molecule has 0 spiro atoms. The zero-order valence-electron chi connectivity index (χ0n) is 10.8. The molecule has 1 aliphatic rings. The third-order valence-electron chi connectivity index (χ3n) is 3.28. The van der Waals surface area contributed by atoms with Crippen LogP contribution in [0.25, 0.3) is 0 Å². The maximum Gasteiger partial charge on any atom is 0.309 e. The summed E-state index contributed by atoms with van der Waals surface area (Å²) in [6, 6.07) is 1.61. The summed E-state index contributed by atoms with van der Waals surface area (Å²) in [5.74, 6) is -0.317. The topological polar surface area (TPSA) is 62.4 Å². The first-order valence-corrected chi connectivity index (χ1v) is 6.79. The van der Waals surface area contributed by atoms with Gasteiger partial charge in [-0.2, -0.15) is 0 Å². The van der Waals surface area contributed by atoms with E-state index >= 15 is 0 Å². The summed E-state index contributed by atoms with van der Waals surface area (Å²) in [6.45, 7) is 3.34. The van der Waals surface area contributed by atoms with Gasteiger partial charge in [0.1, 0.15) is 5.69 Å². The van der Waals surface area contributed by atoms with Crippen LogP contribution in [0.4, 0.5) is 0 Å². The second kappa shape index (κ2) is 6.10. The largest absolute Gasteiger partial charge is 0.466 e. The SMILES string of the molecule is CCOC(=O)C1CCN(C(=O)c2cc(Cl)c[nH]2)CC1. The Morgan fingerprint density at radius 3 is 2.68 bits per heavy atom. The minimum atomic E-state index is -0.155. The number of hydrogen-bond acceptors (Lipinski definition) is 3. The van der Waals surface area contributed by atoms with Crippen LogP contribution in [0.15, 0.2) is 12.3 Å². The monoisotopic (exact) mass is 284 g/mol. The second-order valence-corrected chi connectivity index (χ2v) is 4.99. The normalized spacial score (nSPS) is 16.4. The number of H-pyrrole nitrogens is 1. The Morgan fingerprint density at radius 1 is 1.47 bits per heavy atom. The molecule has 1 aromatic rings. The van der Waals surface area contributed by atoms with Gasteiger partial charge in [-0.1, -0.05) is 11.6 Å². The Morgan fingerprint density at radius 2 is 2.16 bits per heavy atom. The van der Waals surface area contributed by atoms with Gasteiger partial charge in [-0.15, -0.1) is 0 Å². The molecular weight excluding hydrogens is 268 g/mol. The Hall–Kier alpha value is -1.49. The molecule has 0 saturated carbocycles. The zero-order valence-corrected chi connectivity index (χ0v) is 11.6. The van der Waals surface area contributed by atoms with Gasteiger partial charge in [0.15, 0.2) is 0 Å². The Balaban J connectivity index is 1.89. The van der Waals surface area contributed by atoms with E-state index in [2.05, 4.69) is 4.98 Å². The number of amides is 1. The third-order valence-corrected chi connectivity index (χ3v) is 3.50. The van der Waals surface area contributed by atoms with Crippen molar-refractivity contribution in [2.75, 3.05) is 19.7 Å². The lowest BCUT2D eigenvalue weighted by Gasteiger charge is -2.30. The molecule has 1 aromatic heterocycles. The van der Waals surface area contributed by atoms with Gasteiger partial charge in [0.05, 0.1) is 17.5 Å². The Bertz CT molecular complexity index is 464. The molecule has 1 fully saturated rings. The van der Waals surface area contributed by atoms with Crippen LogP contribution in [0.5, 0.6) is 0 Å². The van der Waals surface area contributed by atoms with Gasteiger partial charge in [0.2, 0.25) is 0 Å². The highest BCUT2D eigenvalue weighted by Gasteiger charge is 2.28. The van der Waals surface area contributed by atoms with Crippen LogP contribution in [-0.4, -0.2) is 41.5 Å². The highest BCUT2D eigenvalue weighted by molar-refractivity contribution is 6.30. The predicted octanol–water partition coefficient (Wildman–Crippen LogP) is 2.08. The lowest BCUT2D eigenvalue weighted by atomic mass is 9.97. The first-order chi connectivity index (χ1) is 9.11. The van der Waals surface area contributed by atoms with Gasteiger partial charge in [0, 0.05) is 19.3 Å². The van der Waals surface area contributed by atoms with Crippen molar-refractivity contribution < 1.29 is 14.3 Å². The van der Waals surface area contributed by atoms with Gasteiger partial charge in [0.25, 0.3) is 5.91 Å². The molecule has 2 heterocycles. The number of nitrogens with zero attached hydrogens (tertiary/aromatic N) is 1. The second-order valence-electron chi connectivity index (χ2n) is 4.55. The highest BCUT2D eigenvalue weighted by atomic mass is 35.5. The number of hydrogen-bond donors (Lipinski definition) is 1. The van der Waals surface area contributed by atoms with Gasteiger partial charge in [-0.3, -0.25) is 9.59 Å². The lowest BCUT2D eigenvalue weighted by molar-refractivity contribution is -0.149. The van der Waals surface area contributed by atoms with E-state index in [9.17, 15) is 9.59 Å². The number of halogens is 1. The molecule has 0 bridgehead atoms. The molecule has 1 aliphatic heterocycles. The van der Waals surface area contributed by atoms with Gasteiger partial charge in [-0.05, 0) is 25.8 Å². The number of esters is 1. The summed E-state index contributed by atoms with van der Waals surface area (Å²) >= 11 is 5.78. The molecule has 104 valence electrons. The van der Waals surface area contributed by atoms with Crippen molar-refractivity contribution in [1.29, 1.82) is 0 Å². The average molecular weight is 285 g/mol. The molecule has 1 N–H and O–H groups in total. The number of rotatable bonds is 3. The number of carbonyl (C=O) groups is 2. The van der Waals surface area contributed by atoms with Crippen LogP contribution in [-0.2, 0) is 9.53 Å². The highest BCUT2D eigenvalue weighted by Crippen LogP contribution is 2.21. The van der Waals surface area contributed by atoms with E-state index in [0.717, 1.165) is 0 Å². The molecule has 0 unspecified atom stereocenters. The summed E-state index contributed by atoms with van der Waals surface area (Å²) in [6.07, 6.45) is 2.89. The van der Waals surface area contributed by atoms with E-state index < -0.39 is 0 Å². The summed E-state index contributed by atoms with van der Waals surface area (Å²) in [7, 11) is 0. The maximum atomic E-state index is 12.1. The van der Waals surface area contributed by atoms with Crippen LogP contribution in [0.3, 0.4) is 0 Å². The summed E-state index contributed by atoms with van der Waals surface area (Å²) in [4.78, 5) is 28.3. The molecule has 0 radical (unpaired) electrons. The number of carbonyl (C=O) groups excluding carboxylic acids is 2. The molecule has 6 heteroatoms. The third kappa shape index (κ3) is 3.29. The zero-order chi connectivity index (χ0) is 13.8. The van der Waals surface area contributed by atoms with Gasteiger partial charge >= 0.3 is 5.97 Å². The van der Waals surface area contributed by atoms with E-state index in [1.54, 1.807) is 24.1 Å². The van der Waals surface area contributed by atoms with Gasteiger partial charge < -0.3 is 14.6 Å². The van der Waals surface area contributed by atoms with E-state index in [1.165, 1.54) is 0 Å². The quantitative estimate of drug-likeness (QED) is 0.865. The van der Waals surface area contributed by atoms with Crippen LogP contribution >= 0.6 is 11.6 Å². The Kier molecular flexibility index (Phi) is 4.47. The fourth-order valence-corrected chi connectivity index (χ4v) is 2.40. The van der Waals surface area contributed by atoms with Crippen LogP contribution < -0.4 is 0 Å². The molecule has 0 aromatic carbocycles. The molecule has 2 rings (SSSR count). The van der Waals surface area contributed by atoms with E-state index in [4.69, 9.17) is 16.3 Å². The number of aromatic amines is 1. The standard InChI is InChI=1S/C13H17ClN2O3/c1-2-19-13(18)9-3-5-16(6-4-9)12(17)11-7-10(14)8-15-11/h7-9,15H,2-6H2,1H3. The average Bonchev–Trinajstić information content (AvgIpc) is 2.85. The molecule has 19 heavy (non-hydrogen) atoms. The Labute approximate surface area is 116 Å². The van der Waals surface area contributed by atoms with E-state index in [1.807, 2.05) is 0 Å². The molecule has 1 amide bonds. The fourth-order valence-electron chi connectivity index (χ4n) is 2.24. The van der Waals surface area contributed by atoms with E-state index in [-0.39, 0.29) is 17.8 Å². The van der Waals surface area contributed by atoms with Crippen molar-refractivity contribution in [1.82, 2.24) is 9.88 Å². The summed E-state index contributed by atoms with van der Waals surface area (Å²) in [5.41, 5.74) is 0.486. The summed E-state index contributed by atoms with van der Waals surface area (Å²) in [5, 5.41) is 0.518. The minimum Gasteiger partial charge on any atom is -0.466 e. The number of aromatic nitrogens is 1. The minimum absolute atomic E-state index is 0.0748. The smallest absolute Gasteiger partial charge is 0.309 e. The van der Waals surface area contributed by atoms with Crippen molar-refractivity contribution in [2.45, 2.75) is 19.8 Å². The van der Waals surface area contributed by atoms with Crippen molar-refractivity contribution in [2.24, 2.45) is 5.92 Å². The number of nitrogens with one attached hydrogen (secondary N) is 1. The number of piperidine rings is 1. The first kappa shape index (κ1) is 13.9. The maximum absolute atomic E-state index is 12.1. The number of ether oxygens (including phenoxy) is 1. The summed E-state index contributed by atoms with van der Waals surface area (Å²) < 4.78 is 5.00. The molecule has 0 atom stereocenters. The van der Waals surface area contributed by atoms with Crippen molar-refractivity contribution in [3.05, 3.63) is 23.0 Å². The van der Waals surface area contributed by atoms with E-state index in [0.29, 0.717) is 43.3 Å². The molecule has 5 nitrogen and oxygen atoms in total. The number of likely N-dealkylation sites (tertiary alicyclic amines) is 1. The van der Waals surface area contributed by atoms with Crippen LogP contribution in [0.2, 0.25) is 5.02 Å². The fraction of sp³-hybridized carbons (Fsp3) is 0.538. The van der Waals surface area contributed by atoms with Gasteiger partial charge in [-0.25, -0.2) is 0 Å².